The largest absolute Gasteiger partial charge is 0.261 e. The number of nitrogens with one attached hydrogen (secondary N) is 1. The first kappa shape index (κ1) is 13.2. The molecule has 0 amide bonds. The van der Waals surface area contributed by atoms with E-state index in [4.69, 9.17) is 0 Å². The molecule has 1 N–H and O–H groups in total. The third kappa shape index (κ3) is 2.71. The van der Waals surface area contributed by atoms with E-state index in [1.165, 1.54) is 4.88 Å². The van der Waals surface area contributed by atoms with Crippen LogP contribution in [0.5, 0.6) is 0 Å². The van der Waals surface area contributed by atoms with Crippen molar-refractivity contribution in [3.63, 3.8) is 0 Å². The normalized spacial score (nSPS) is 11.5. The fraction of sp³-hybridized carbons (Fsp3) is 0.214. The van der Waals surface area contributed by atoms with Gasteiger partial charge in [0, 0.05) is 9.75 Å². The average molecular weight is 302 g/mol. The van der Waals surface area contributed by atoms with Gasteiger partial charge in [0.05, 0.1) is 11.6 Å². The van der Waals surface area contributed by atoms with Crippen molar-refractivity contribution in [1.29, 1.82) is 0 Å². The Morgan fingerprint density at radius 2 is 2.30 bits per heavy atom. The van der Waals surface area contributed by atoms with Crippen molar-refractivity contribution in [2.45, 2.75) is 20.3 Å². The van der Waals surface area contributed by atoms with Crippen molar-refractivity contribution in [2.75, 3.05) is 5.43 Å². The van der Waals surface area contributed by atoms with Crippen molar-refractivity contribution in [3.05, 3.63) is 39.2 Å². The van der Waals surface area contributed by atoms with Crippen LogP contribution in [0.15, 0.2) is 28.7 Å². The zero-order valence-corrected chi connectivity index (χ0v) is 12.9. The van der Waals surface area contributed by atoms with E-state index in [0.717, 1.165) is 33.2 Å². The lowest BCUT2D eigenvalue weighted by Crippen LogP contribution is -1.97. The summed E-state index contributed by atoms with van der Waals surface area (Å²) in [5, 5.41) is 7.33. The van der Waals surface area contributed by atoms with Gasteiger partial charge in [-0.3, -0.25) is 5.43 Å². The Kier molecular flexibility index (Phi) is 3.75. The van der Waals surface area contributed by atoms with Gasteiger partial charge in [0.15, 0.2) is 5.82 Å². The molecule has 3 heterocycles. The molecule has 0 radical (unpaired) electrons. The molecule has 0 saturated heterocycles. The molecule has 3 aromatic heterocycles. The summed E-state index contributed by atoms with van der Waals surface area (Å²) >= 11 is 3.37. The summed E-state index contributed by atoms with van der Waals surface area (Å²) in [7, 11) is 0. The fourth-order valence-electron chi connectivity index (χ4n) is 1.86. The lowest BCUT2D eigenvalue weighted by molar-refractivity contribution is 1.09. The van der Waals surface area contributed by atoms with E-state index < -0.39 is 0 Å². The number of hydrogen-bond donors (Lipinski definition) is 1. The SMILES string of the molecule is CCc1cc2c(NN=Cc3cccs3)nc(C)nc2s1. The van der Waals surface area contributed by atoms with Crippen LogP contribution in [0.2, 0.25) is 0 Å². The smallest absolute Gasteiger partial charge is 0.158 e. The van der Waals surface area contributed by atoms with Crippen LogP contribution in [0.4, 0.5) is 5.82 Å². The molecule has 4 nitrogen and oxygen atoms in total. The zero-order valence-electron chi connectivity index (χ0n) is 11.3. The zero-order chi connectivity index (χ0) is 13.9. The number of aromatic nitrogens is 2. The summed E-state index contributed by atoms with van der Waals surface area (Å²) < 4.78 is 0. The maximum absolute atomic E-state index is 4.48. The Morgan fingerprint density at radius 3 is 3.05 bits per heavy atom. The van der Waals surface area contributed by atoms with Gasteiger partial charge in [-0.15, -0.1) is 22.7 Å². The summed E-state index contributed by atoms with van der Waals surface area (Å²) in [6.45, 7) is 4.05. The van der Waals surface area contributed by atoms with Crippen molar-refractivity contribution in [3.8, 4) is 0 Å². The highest BCUT2D eigenvalue weighted by atomic mass is 32.1. The average Bonchev–Trinajstić information content (AvgIpc) is 3.06. The molecule has 102 valence electrons. The molecule has 0 saturated carbocycles. The Balaban J connectivity index is 1.91. The lowest BCUT2D eigenvalue weighted by Gasteiger charge is -2.01. The van der Waals surface area contributed by atoms with E-state index in [1.807, 2.05) is 24.4 Å². The highest BCUT2D eigenvalue weighted by Gasteiger charge is 2.09. The quantitative estimate of drug-likeness (QED) is 0.584. The second kappa shape index (κ2) is 5.68. The molecule has 0 atom stereocenters. The molecular weight excluding hydrogens is 288 g/mol. The predicted molar refractivity (Wildman–Crippen MR) is 87.1 cm³/mol. The molecular formula is C14H14N4S2. The maximum Gasteiger partial charge on any atom is 0.158 e. The van der Waals surface area contributed by atoms with Gasteiger partial charge >= 0.3 is 0 Å². The molecule has 0 aromatic carbocycles. The first-order chi connectivity index (χ1) is 9.76. The fourth-order valence-corrected chi connectivity index (χ4v) is 3.46. The second-order valence-electron chi connectivity index (χ2n) is 4.29. The van der Waals surface area contributed by atoms with Crippen LogP contribution in [0.3, 0.4) is 0 Å². The van der Waals surface area contributed by atoms with Crippen molar-refractivity contribution >= 4 is 44.9 Å². The summed E-state index contributed by atoms with van der Waals surface area (Å²) in [5.41, 5.74) is 3.04. The van der Waals surface area contributed by atoms with Crippen LogP contribution >= 0.6 is 22.7 Å². The third-order valence-electron chi connectivity index (χ3n) is 2.81. The minimum absolute atomic E-state index is 0.760. The molecule has 0 bridgehead atoms. The number of hydrogen-bond acceptors (Lipinski definition) is 6. The molecule has 6 heteroatoms. The van der Waals surface area contributed by atoms with Crippen LogP contribution in [-0.4, -0.2) is 16.2 Å². The minimum Gasteiger partial charge on any atom is -0.261 e. The number of rotatable bonds is 4. The van der Waals surface area contributed by atoms with Crippen LogP contribution in [-0.2, 0) is 6.42 Å². The number of hydrazone groups is 1. The minimum atomic E-state index is 0.760. The number of anilines is 1. The van der Waals surface area contributed by atoms with Gasteiger partial charge in [0.25, 0.3) is 0 Å². The monoisotopic (exact) mass is 302 g/mol. The summed E-state index contributed by atoms with van der Waals surface area (Å²) in [6.07, 6.45) is 2.82. The predicted octanol–water partition coefficient (Wildman–Crippen LogP) is 4.07. The van der Waals surface area contributed by atoms with E-state index >= 15 is 0 Å². The highest BCUT2D eigenvalue weighted by Crippen LogP contribution is 2.29. The second-order valence-corrected chi connectivity index (χ2v) is 6.38. The molecule has 3 aromatic rings. The van der Waals surface area contributed by atoms with Gasteiger partial charge in [-0.1, -0.05) is 13.0 Å². The molecule has 0 aliphatic carbocycles. The van der Waals surface area contributed by atoms with E-state index in [-0.39, 0.29) is 0 Å². The Bertz CT molecular complexity index is 744. The van der Waals surface area contributed by atoms with Gasteiger partial charge in [-0.05, 0) is 30.9 Å². The van der Waals surface area contributed by atoms with Crippen LogP contribution in [0.1, 0.15) is 22.5 Å². The summed E-state index contributed by atoms with van der Waals surface area (Å²) in [6, 6.07) is 6.17. The van der Waals surface area contributed by atoms with Gasteiger partial charge in [0.1, 0.15) is 10.7 Å². The van der Waals surface area contributed by atoms with Crippen molar-refractivity contribution in [1.82, 2.24) is 9.97 Å². The maximum atomic E-state index is 4.48. The molecule has 0 fully saturated rings. The summed E-state index contributed by atoms with van der Waals surface area (Å²) in [5.74, 6) is 1.53. The van der Waals surface area contributed by atoms with Crippen molar-refractivity contribution in [2.24, 2.45) is 5.10 Å². The third-order valence-corrected chi connectivity index (χ3v) is 4.79. The molecule has 20 heavy (non-hydrogen) atoms. The first-order valence-electron chi connectivity index (χ1n) is 6.36. The number of nitrogens with zero attached hydrogens (tertiary/aromatic N) is 3. The first-order valence-corrected chi connectivity index (χ1v) is 8.05. The Morgan fingerprint density at radius 1 is 1.40 bits per heavy atom. The highest BCUT2D eigenvalue weighted by molar-refractivity contribution is 7.18. The van der Waals surface area contributed by atoms with E-state index in [1.54, 1.807) is 28.9 Å². The van der Waals surface area contributed by atoms with E-state index in [0.29, 0.717) is 0 Å². The van der Waals surface area contributed by atoms with E-state index in [2.05, 4.69) is 33.5 Å². The van der Waals surface area contributed by atoms with Gasteiger partial charge in [-0.25, -0.2) is 9.97 Å². The standard InChI is InChI=1S/C14H14N4S2/c1-3-10-7-12-13(16-9(2)17-14(12)20-10)18-15-8-11-5-4-6-19-11/h4-8H,3H2,1-2H3,(H,16,17,18). The van der Waals surface area contributed by atoms with E-state index in [9.17, 15) is 0 Å². The molecule has 3 rings (SSSR count). The number of thiophene rings is 2. The topological polar surface area (TPSA) is 50.2 Å². The van der Waals surface area contributed by atoms with Crippen LogP contribution in [0, 0.1) is 6.92 Å². The number of fused-ring (bicyclic) bond motifs is 1. The molecule has 0 unspecified atom stereocenters. The Labute approximate surface area is 125 Å². The summed E-state index contributed by atoms with van der Waals surface area (Å²) in [4.78, 5) is 12.4. The molecule has 0 spiro atoms. The Hall–Kier alpha value is -1.79. The van der Waals surface area contributed by atoms with Gasteiger partial charge in [0.2, 0.25) is 0 Å². The van der Waals surface area contributed by atoms with Crippen molar-refractivity contribution < 1.29 is 0 Å². The molecule has 0 aliphatic heterocycles. The van der Waals surface area contributed by atoms with Crippen LogP contribution in [0.25, 0.3) is 10.2 Å². The van der Waals surface area contributed by atoms with Crippen LogP contribution < -0.4 is 5.43 Å². The van der Waals surface area contributed by atoms with Gasteiger partial charge in [-0.2, -0.15) is 5.10 Å². The lowest BCUT2D eigenvalue weighted by atomic mass is 10.3. The molecule has 0 aliphatic rings. The number of aryl methyl sites for hydroxylation is 2. The van der Waals surface area contributed by atoms with Gasteiger partial charge < -0.3 is 0 Å².